The number of thioether (sulfide) groups is 1. The minimum absolute atomic E-state index is 0.517. The normalized spacial score (nSPS) is 30.2. The topological polar surface area (TPSA) is 49.3 Å². The molecule has 0 aliphatic heterocycles. The lowest BCUT2D eigenvalue weighted by Crippen LogP contribution is -2.54. The molecule has 1 saturated carbocycles. The smallest absolute Gasteiger partial charge is 0.323 e. The van der Waals surface area contributed by atoms with Crippen molar-refractivity contribution in [3.05, 3.63) is 0 Å². The van der Waals surface area contributed by atoms with E-state index in [0.29, 0.717) is 5.25 Å². The van der Waals surface area contributed by atoms with Crippen LogP contribution in [0, 0.1) is 0 Å². The summed E-state index contributed by atoms with van der Waals surface area (Å²) in [7, 11) is 1.77. The van der Waals surface area contributed by atoms with Gasteiger partial charge in [0.25, 0.3) is 0 Å². The Labute approximate surface area is 102 Å². The van der Waals surface area contributed by atoms with Crippen LogP contribution < -0.4 is 5.32 Å². The summed E-state index contributed by atoms with van der Waals surface area (Å²) in [6, 6.07) is 0. The van der Waals surface area contributed by atoms with Crippen molar-refractivity contribution in [1.29, 1.82) is 0 Å². The van der Waals surface area contributed by atoms with E-state index < -0.39 is 11.5 Å². The van der Waals surface area contributed by atoms with Gasteiger partial charge in [0.1, 0.15) is 5.54 Å². The molecule has 0 saturated heterocycles. The summed E-state index contributed by atoms with van der Waals surface area (Å²) in [6.07, 6.45) is 6.19. The van der Waals surface area contributed by atoms with Crippen molar-refractivity contribution < 1.29 is 9.90 Å². The molecule has 0 aromatic carbocycles. The molecule has 4 heteroatoms. The summed E-state index contributed by atoms with van der Waals surface area (Å²) >= 11 is 1.95. The van der Waals surface area contributed by atoms with Crippen LogP contribution in [0.3, 0.4) is 0 Å². The Bertz CT molecular complexity index is 235. The molecule has 0 aromatic rings. The fourth-order valence-electron chi connectivity index (χ4n) is 2.29. The zero-order valence-electron chi connectivity index (χ0n) is 10.3. The molecular formula is C12H23NO2S. The van der Waals surface area contributed by atoms with Crippen molar-refractivity contribution in [3.8, 4) is 0 Å². The maximum atomic E-state index is 11.3. The number of unbranched alkanes of at least 4 members (excludes halogenated alkanes) is 1. The van der Waals surface area contributed by atoms with Crippen LogP contribution in [0.1, 0.15) is 45.4 Å². The average Bonchev–Trinajstić information content (AvgIpc) is 2.29. The molecule has 94 valence electrons. The van der Waals surface area contributed by atoms with Crippen molar-refractivity contribution in [3.63, 3.8) is 0 Å². The molecule has 0 bridgehead atoms. The third-order valence-electron chi connectivity index (χ3n) is 3.45. The number of carboxylic acid groups (broad SMARTS) is 1. The number of rotatable bonds is 6. The van der Waals surface area contributed by atoms with E-state index in [0.717, 1.165) is 19.3 Å². The predicted molar refractivity (Wildman–Crippen MR) is 69.0 cm³/mol. The van der Waals surface area contributed by atoms with E-state index in [4.69, 9.17) is 0 Å². The van der Waals surface area contributed by atoms with Crippen LogP contribution in [0.5, 0.6) is 0 Å². The fraction of sp³-hybridized carbons (Fsp3) is 0.917. The zero-order valence-corrected chi connectivity index (χ0v) is 11.1. The van der Waals surface area contributed by atoms with Gasteiger partial charge in [-0.05, 0) is 44.9 Å². The monoisotopic (exact) mass is 245 g/mol. The van der Waals surface area contributed by atoms with Gasteiger partial charge in [0.05, 0.1) is 0 Å². The van der Waals surface area contributed by atoms with Gasteiger partial charge in [0.2, 0.25) is 0 Å². The molecule has 0 amide bonds. The molecule has 16 heavy (non-hydrogen) atoms. The highest BCUT2D eigenvalue weighted by atomic mass is 32.2. The molecule has 0 radical (unpaired) electrons. The molecule has 1 aliphatic rings. The highest BCUT2D eigenvalue weighted by Crippen LogP contribution is 2.35. The minimum Gasteiger partial charge on any atom is -0.480 e. The summed E-state index contributed by atoms with van der Waals surface area (Å²) in [4.78, 5) is 11.3. The second-order valence-electron chi connectivity index (χ2n) is 4.58. The summed E-state index contributed by atoms with van der Waals surface area (Å²) < 4.78 is 0. The molecule has 3 nitrogen and oxygen atoms in total. The predicted octanol–water partition coefficient (Wildman–Crippen LogP) is 2.51. The van der Waals surface area contributed by atoms with Crippen LogP contribution in [0.25, 0.3) is 0 Å². The zero-order chi connectivity index (χ0) is 12.0. The van der Waals surface area contributed by atoms with Crippen LogP contribution in [0.4, 0.5) is 0 Å². The van der Waals surface area contributed by atoms with E-state index in [1.807, 2.05) is 11.8 Å². The van der Waals surface area contributed by atoms with E-state index in [-0.39, 0.29) is 0 Å². The second-order valence-corrected chi connectivity index (χ2v) is 5.99. The van der Waals surface area contributed by atoms with Gasteiger partial charge in [-0.3, -0.25) is 4.79 Å². The Balaban J connectivity index is 2.48. The second kappa shape index (κ2) is 6.50. The Kier molecular flexibility index (Phi) is 5.62. The van der Waals surface area contributed by atoms with Crippen molar-refractivity contribution in [2.75, 3.05) is 12.8 Å². The molecule has 1 aliphatic carbocycles. The molecule has 1 fully saturated rings. The van der Waals surface area contributed by atoms with Gasteiger partial charge in [0.15, 0.2) is 0 Å². The number of carbonyl (C=O) groups is 1. The SMILES string of the molecule is CCCCSC1CCCC(NC)(C(=O)O)C1. The van der Waals surface area contributed by atoms with Gasteiger partial charge in [-0.1, -0.05) is 13.3 Å². The van der Waals surface area contributed by atoms with Crippen LogP contribution in [-0.2, 0) is 4.79 Å². The molecule has 2 N–H and O–H groups in total. The van der Waals surface area contributed by atoms with E-state index in [1.165, 1.54) is 25.0 Å². The molecular weight excluding hydrogens is 222 g/mol. The number of aliphatic carboxylic acids is 1. The first-order valence-electron chi connectivity index (χ1n) is 6.18. The molecule has 0 aromatic heterocycles. The summed E-state index contributed by atoms with van der Waals surface area (Å²) in [5.41, 5.74) is -0.665. The standard InChI is InChI=1S/C12H23NO2S/c1-3-4-8-16-10-6-5-7-12(9-10,13-2)11(14)15/h10,13H,3-9H2,1-2H3,(H,14,15). The number of nitrogens with one attached hydrogen (secondary N) is 1. The molecule has 2 atom stereocenters. The summed E-state index contributed by atoms with van der Waals surface area (Å²) in [5.74, 6) is 0.483. The number of hydrogen-bond acceptors (Lipinski definition) is 3. The maximum Gasteiger partial charge on any atom is 0.323 e. The van der Waals surface area contributed by atoms with Gasteiger partial charge in [0, 0.05) is 5.25 Å². The Morgan fingerprint density at radius 3 is 2.94 bits per heavy atom. The molecule has 1 rings (SSSR count). The van der Waals surface area contributed by atoms with E-state index in [1.54, 1.807) is 7.05 Å². The number of likely N-dealkylation sites (N-methyl/N-ethyl adjacent to an activating group) is 1. The third-order valence-corrected chi connectivity index (χ3v) is 4.84. The lowest BCUT2D eigenvalue weighted by atomic mass is 9.81. The van der Waals surface area contributed by atoms with Crippen molar-refractivity contribution in [2.45, 2.75) is 56.2 Å². The Hall–Kier alpha value is -0.220. The average molecular weight is 245 g/mol. The van der Waals surface area contributed by atoms with Crippen molar-refractivity contribution >= 4 is 17.7 Å². The van der Waals surface area contributed by atoms with Crippen LogP contribution >= 0.6 is 11.8 Å². The first-order valence-corrected chi connectivity index (χ1v) is 7.23. The highest BCUT2D eigenvalue weighted by Gasteiger charge is 2.41. The van der Waals surface area contributed by atoms with Gasteiger partial charge < -0.3 is 10.4 Å². The van der Waals surface area contributed by atoms with Crippen LogP contribution in [0.2, 0.25) is 0 Å². The minimum atomic E-state index is -0.684. The maximum absolute atomic E-state index is 11.3. The van der Waals surface area contributed by atoms with Gasteiger partial charge in [-0.25, -0.2) is 0 Å². The molecule has 2 unspecified atom stereocenters. The van der Waals surface area contributed by atoms with E-state index in [9.17, 15) is 9.90 Å². The van der Waals surface area contributed by atoms with E-state index >= 15 is 0 Å². The number of hydrogen-bond donors (Lipinski definition) is 2. The van der Waals surface area contributed by atoms with Gasteiger partial charge in [-0.2, -0.15) is 11.8 Å². The lowest BCUT2D eigenvalue weighted by molar-refractivity contribution is -0.146. The van der Waals surface area contributed by atoms with Crippen molar-refractivity contribution in [1.82, 2.24) is 5.32 Å². The van der Waals surface area contributed by atoms with Gasteiger partial charge in [-0.15, -0.1) is 0 Å². The molecule has 0 spiro atoms. The number of carboxylic acids is 1. The summed E-state index contributed by atoms with van der Waals surface area (Å²) in [5, 5.41) is 12.8. The first kappa shape index (κ1) is 13.8. The third kappa shape index (κ3) is 3.39. The molecule has 0 heterocycles. The quantitative estimate of drug-likeness (QED) is 0.706. The first-order chi connectivity index (χ1) is 7.64. The summed E-state index contributed by atoms with van der Waals surface area (Å²) in [6.45, 7) is 2.19. The fourth-order valence-corrected chi connectivity index (χ4v) is 3.81. The Morgan fingerprint density at radius 1 is 1.62 bits per heavy atom. The van der Waals surface area contributed by atoms with Crippen LogP contribution in [-0.4, -0.2) is 34.7 Å². The van der Waals surface area contributed by atoms with Gasteiger partial charge >= 0.3 is 5.97 Å². The lowest BCUT2D eigenvalue weighted by Gasteiger charge is -2.37. The van der Waals surface area contributed by atoms with E-state index in [2.05, 4.69) is 12.2 Å². The van der Waals surface area contributed by atoms with Crippen molar-refractivity contribution in [2.24, 2.45) is 0 Å². The highest BCUT2D eigenvalue weighted by molar-refractivity contribution is 7.99. The Morgan fingerprint density at radius 2 is 2.38 bits per heavy atom. The largest absolute Gasteiger partial charge is 0.480 e. The van der Waals surface area contributed by atoms with Crippen LogP contribution in [0.15, 0.2) is 0 Å².